The van der Waals surface area contributed by atoms with E-state index < -0.39 is 0 Å². The Hall–Kier alpha value is -1.71. The molecule has 0 unspecified atom stereocenters. The summed E-state index contributed by atoms with van der Waals surface area (Å²) >= 11 is 0. The minimum absolute atomic E-state index is 0.774. The Kier molecular flexibility index (Phi) is 6.05. The number of methoxy groups -OCH3 is 1. The molecule has 0 bridgehead atoms. The zero-order chi connectivity index (χ0) is 13.4. The van der Waals surface area contributed by atoms with Gasteiger partial charge >= 0.3 is 0 Å². The van der Waals surface area contributed by atoms with Crippen molar-refractivity contribution >= 4 is 5.96 Å². The van der Waals surface area contributed by atoms with Gasteiger partial charge in [0.15, 0.2) is 5.96 Å². The van der Waals surface area contributed by atoms with Crippen LogP contribution in [0.2, 0.25) is 0 Å². The van der Waals surface area contributed by atoms with Gasteiger partial charge in [-0.15, -0.1) is 0 Å². The topological polar surface area (TPSA) is 36.9 Å². The zero-order valence-electron chi connectivity index (χ0n) is 11.7. The average Bonchev–Trinajstić information content (AvgIpc) is 2.39. The minimum atomic E-state index is 0.774. The van der Waals surface area contributed by atoms with Gasteiger partial charge in [0.25, 0.3) is 0 Å². The molecule has 0 saturated heterocycles. The number of rotatable bonds is 5. The molecule has 0 fully saturated rings. The van der Waals surface area contributed by atoms with E-state index in [1.807, 2.05) is 32.2 Å². The van der Waals surface area contributed by atoms with E-state index in [1.54, 1.807) is 7.11 Å². The first-order chi connectivity index (χ1) is 8.72. The number of nitrogens with zero attached hydrogens (tertiary/aromatic N) is 2. The Morgan fingerprint density at radius 1 is 1.33 bits per heavy atom. The van der Waals surface area contributed by atoms with E-state index in [1.165, 1.54) is 0 Å². The van der Waals surface area contributed by atoms with Gasteiger partial charge in [-0.25, -0.2) is 0 Å². The molecule has 0 heterocycles. The van der Waals surface area contributed by atoms with Crippen molar-refractivity contribution < 1.29 is 4.74 Å². The Morgan fingerprint density at radius 2 is 2.06 bits per heavy atom. The molecule has 1 aromatic rings. The van der Waals surface area contributed by atoms with E-state index in [2.05, 4.69) is 28.2 Å². The van der Waals surface area contributed by atoms with Crippen LogP contribution in [0.25, 0.3) is 0 Å². The predicted octanol–water partition coefficient (Wildman–Crippen LogP) is 2.11. The fourth-order valence-electron chi connectivity index (χ4n) is 1.78. The molecule has 4 nitrogen and oxygen atoms in total. The highest BCUT2D eigenvalue weighted by Crippen LogP contribution is 2.18. The first kappa shape index (κ1) is 14.4. The summed E-state index contributed by atoms with van der Waals surface area (Å²) in [6.07, 6.45) is 0. The number of ether oxygens (including phenoxy) is 1. The molecule has 18 heavy (non-hydrogen) atoms. The fraction of sp³-hybridized carbons (Fsp3) is 0.500. The van der Waals surface area contributed by atoms with Crippen LogP contribution in [0.3, 0.4) is 0 Å². The van der Waals surface area contributed by atoms with Gasteiger partial charge in [-0.05, 0) is 19.9 Å². The quantitative estimate of drug-likeness (QED) is 0.641. The third-order valence-corrected chi connectivity index (χ3v) is 2.60. The molecule has 1 aromatic carbocycles. The van der Waals surface area contributed by atoms with Crippen molar-refractivity contribution in [2.24, 2.45) is 4.99 Å². The van der Waals surface area contributed by atoms with Crippen LogP contribution in [0, 0.1) is 0 Å². The van der Waals surface area contributed by atoms with E-state index in [4.69, 9.17) is 4.74 Å². The van der Waals surface area contributed by atoms with Gasteiger partial charge in [-0.1, -0.05) is 18.2 Å². The number of guanidine groups is 1. The molecule has 0 spiro atoms. The lowest BCUT2D eigenvalue weighted by Gasteiger charge is -2.22. The summed E-state index contributed by atoms with van der Waals surface area (Å²) in [5.74, 6) is 1.84. The Labute approximate surface area is 110 Å². The third kappa shape index (κ3) is 3.95. The Bertz CT molecular complexity index is 390. The molecular weight excluding hydrogens is 226 g/mol. The monoisotopic (exact) mass is 249 g/mol. The average molecular weight is 249 g/mol. The summed E-state index contributed by atoms with van der Waals surface area (Å²) in [5, 5.41) is 3.28. The molecule has 100 valence electrons. The van der Waals surface area contributed by atoms with Crippen LogP contribution >= 0.6 is 0 Å². The van der Waals surface area contributed by atoms with Gasteiger partial charge in [0.05, 0.1) is 7.11 Å². The van der Waals surface area contributed by atoms with E-state index in [0.717, 1.165) is 36.9 Å². The maximum absolute atomic E-state index is 5.36. The van der Waals surface area contributed by atoms with E-state index in [9.17, 15) is 0 Å². The van der Waals surface area contributed by atoms with Crippen LogP contribution in [0.4, 0.5) is 0 Å². The first-order valence-electron chi connectivity index (χ1n) is 6.34. The van der Waals surface area contributed by atoms with Gasteiger partial charge in [0.1, 0.15) is 5.75 Å². The van der Waals surface area contributed by atoms with Crippen molar-refractivity contribution in [3.8, 4) is 5.75 Å². The normalized spacial score (nSPS) is 11.2. The second kappa shape index (κ2) is 7.58. The Morgan fingerprint density at radius 3 is 2.67 bits per heavy atom. The van der Waals surface area contributed by atoms with Crippen LogP contribution in [-0.4, -0.2) is 38.1 Å². The smallest absolute Gasteiger partial charge is 0.193 e. The van der Waals surface area contributed by atoms with Crippen LogP contribution in [0.1, 0.15) is 19.4 Å². The van der Waals surface area contributed by atoms with Crippen molar-refractivity contribution in [2.75, 3.05) is 27.2 Å². The van der Waals surface area contributed by atoms with Gasteiger partial charge in [0.2, 0.25) is 0 Å². The molecular formula is C14H23N3O. The summed E-state index contributed by atoms with van der Waals surface area (Å²) in [5.41, 5.74) is 1.16. The molecule has 0 radical (unpaired) electrons. The van der Waals surface area contributed by atoms with Crippen LogP contribution < -0.4 is 10.1 Å². The van der Waals surface area contributed by atoms with Crippen molar-refractivity contribution in [1.82, 2.24) is 10.2 Å². The van der Waals surface area contributed by atoms with Crippen LogP contribution in [-0.2, 0) is 6.54 Å². The summed E-state index contributed by atoms with van der Waals surface area (Å²) in [6, 6.07) is 8.06. The molecule has 0 aromatic heterocycles. The van der Waals surface area contributed by atoms with Crippen molar-refractivity contribution in [1.29, 1.82) is 0 Å². The Balaban J connectivity index is 2.78. The zero-order valence-corrected chi connectivity index (χ0v) is 11.7. The minimum Gasteiger partial charge on any atom is -0.496 e. The molecule has 4 heteroatoms. The van der Waals surface area contributed by atoms with E-state index in [0.29, 0.717) is 0 Å². The largest absolute Gasteiger partial charge is 0.496 e. The second-order valence-corrected chi connectivity index (χ2v) is 4.00. The summed E-state index contributed by atoms with van der Waals surface area (Å²) in [4.78, 5) is 6.56. The predicted molar refractivity (Wildman–Crippen MR) is 76.1 cm³/mol. The van der Waals surface area contributed by atoms with Gasteiger partial charge in [-0.3, -0.25) is 4.99 Å². The standard InChI is InChI=1S/C14H23N3O/c1-5-15-14(16-6-2)17(3)11-12-9-7-8-10-13(12)18-4/h7-10H,5-6,11H2,1-4H3,(H,15,16). The molecule has 0 aliphatic rings. The number of hydrogen-bond donors (Lipinski definition) is 1. The number of para-hydroxylation sites is 1. The molecule has 1 N–H and O–H groups in total. The van der Waals surface area contributed by atoms with Crippen molar-refractivity contribution in [3.63, 3.8) is 0 Å². The summed E-state index contributed by atoms with van der Waals surface area (Å²) in [7, 11) is 3.73. The second-order valence-electron chi connectivity index (χ2n) is 4.00. The summed E-state index contributed by atoms with van der Waals surface area (Å²) < 4.78 is 5.36. The number of aliphatic imine (C=N–C) groups is 1. The first-order valence-corrected chi connectivity index (χ1v) is 6.34. The van der Waals surface area contributed by atoms with Crippen molar-refractivity contribution in [3.05, 3.63) is 29.8 Å². The van der Waals surface area contributed by atoms with Gasteiger partial charge < -0.3 is 15.0 Å². The van der Waals surface area contributed by atoms with Crippen molar-refractivity contribution in [2.45, 2.75) is 20.4 Å². The maximum Gasteiger partial charge on any atom is 0.193 e. The number of nitrogens with one attached hydrogen (secondary N) is 1. The van der Waals surface area contributed by atoms with E-state index >= 15 is 0 Å². The highest BCUT2D eigenvalue weighted by Gasteiger charge is 2.08. The lowest BCUT2D eigenvalue weighted by molar-refractivity contribution is 0.396. The summed E-state index contributed by atoms with van der Waals surface area (Å²) in [6.45, 7) is 6.53. The molecule has 0 aliphatic heterocycles. The SMILES string of the molecule is CCN=C(NCC)N(C)Cc1ccccc1OC. The molecule has 0 aliphatic carbocycles. The molecule has 0 amide bonds. The molecule has 0 atom stereocenters. The third-order valence-electron chi connectivity index (χ3n) is 2.60. The number of hydrogen-bond acceptors (Lipinski definition) is 2. The number of benzene rings is 1. The molecule has 0 saturated carbocycles. The van der Waals surface area contributed by atoms with Gasteiger partial charge in [-0.2, -0.15) is 0 Å². The van der Waals surface area contributed by atoms with Gasteiger partial charge in [0, 0.05) is 32.2 Å². The maximum atomic E-state index is 5.36. The van der Waals surface area contributed by atoms with Crippen LogP contribution in [0.15, 0.2) is 29.3 Å². The van der Waals surface area contributed by atoms with E-state index in [-0.39, 0.29) is 0 Å². The van der Waals surface area contributed by atoms with Crippen LogP contribution in [0.5, 0.6) is 5.75 Å². The molecule has 1 rings (SSSR count). The highest BCUT2D eigenvalue weighted by molar-refractivity contribution is 5.79. The lowest BCUT2D eigenvalue weighted by Crippen LogP contribution is -2.38. The highest BCUT2D eigenvalue weighted by atomic mass is 16.5. The fourth-order valence-corrected chi connectivity index (χ4v) is 1.78. The lowest BCUT2D eigenvalue weighted by atomic mass is 10.2.